The largest absolute Gasteiger partial charge is 0.351 e. The molecule has 0 radical (unpaired) electrons. The predicted octanol–water partition coefficient (Wildman–Crippen LogP) is 6.06. The molecule has 4 N–H and O–H groups in total. The maximum atomic E-state index is 6.16. The molecular weight excluding hydrogens is 496 g/mol. The fourth-order valence-electron chi connectivity index (χ4n) is 7.13. The standard InChI is InChI=1S/C32H42N8/c33-25-12-14-26(15-13-25)35-32-36-30(29-31(37-32)40(21-34-29)27-9-2-3-10-27)38-39-18-16-22(17-19-39)20-24-8-5-7-23-6-1-4-11-28(23)24/h1,4-8,11,21-22,25-27H,2-3,9-10,12-20,33H2,(H2,35,36,37,38)/t25-,26-. The second-order valence-corrected chi connectivity index (χ2v) is 12.3. The van der Waals surface area contributed by atoms with E-state index in [1.54, 1.807) is 0 Å². The van der Waals surface area contributed by atoms with Crippen LogP contribution in [-0.4, -0.2) is 49.7 Å². The van der Waals surface area contributed by atoms with Crippen LogP contribution in [0.25, 0.3) is 21.9 Å². The van der Waals surface area contributed by atoms with Gasteiger partial charge in [0.1, 0.15) is 0 Å². The molecule has 2 aromatic heterocycles. The number of nitrogens with zero attached hydrogens (tertiary/aromatic N) is 5. The number of hydrogen-bond donors (Lipinski definition) is 3. The van der Waals surface area contributed by atoms with E-state index in [-0.39, 0.29) is 0 Å². The Kier molecular flexibility index (Phi) is 7.29. The lowest BCUT2D eigenvalue weighted by molar-refractivity contribution is 0.216. The monoisotopic (exact) mass is 538 g/mol. The quantitative estimate of drug-likeness (QED) is 0.263. The Hall–Kier alpha value is -3.23. The highest BCUT2D eigenvalue weighted by atomic mass is 15.5. The zero-order chi connectivity index (χ0) is 26.9. The zero-order valence-electron chi connectivity index (χ0n) is 23.4. The molecule has 7 rings (SSSR count). The van der Waals surface area contributed by atoms with Crippen molar-refractivity contribution in [1.82, 2.24) is 24.5 Å². The molecule has 0 spiro atoms. The van der Waals surface area contributed by atoms with E-state index in [2.05, 4.69) is 62.8 Å². The summed E-state index contributed by atoms with van der Waals surface area (Å²) in [6, 6.07) is 16.7. The number of aromatic nitrogens is 4. The lowest BCUT2D eigenvalue weighted by Gasteiger charge is -2.33. The van der Waals surface area contributed by atoms with Gasteiger partial charge in [-0.3, -0.25) is 0 Å². The first-order chi connectivity index (χ1) is 19.7. The topological polar surface area (TPSA) is 96.9 Å². The van der Waals surface area contributed by atoms with Crippen LogP contribution >= 0.6 is 0 Å². The van der Waals surface area contributed by atoms with Crippen LogP contribution in [0, 0.1) is 5.92 Å². The van der Waals surface area contributed by atoms with Gasteiger partial charge in [0.15, 0.2) is 17.0 Å². The van der Waals surface area contributed by atoms with Gasteiger partial charge in [-0.25, -0.2) is 9.99 Å². The summed E-state index contributed by atoms with van der Waals surface area (Å²) in [7, 11) is 0. The summed E-state index contributed by atoms with van der Waals surface area (Å²) in [5.41, 5.74) is 13.1. The second-order valence-electron chi connectivity index (χ2n) is 12.3. The van der Waals surface area contributed by atoms with E-state index in [0.717, 1.165) is 75.0 Å². The summed E-state index contributed by atoms with van der Waals surface area (Å²) >= 11 is 0. The number of fused-ring (bicyclic) bond motifs is 2. The number of imidazole rings is 1. The highest BCUT2D eigenvalue weighted by Crippen LogP contribution is 2.34. The van der Waals surface area contributed by atoms with Gasteiger partial charge in [-0.2, -0.15) is 9.97 Å². The van der Waals surface area contributed by atoms with E-state index in [4.69, 9.17) is 20.7 Å². The number of hydrazine groups is 1. The Balaban J connectivity index is 1.07. The first kappa shape index (κ1) is 25.7. The maximum Gasteiger partial charge on any atom is 0.227 e. The minimum absolute atomic E-state index is 0.325. The average molecular weight is 539 g/mol. The third kappa shape index (κ3) is 5.39. The van der Waals surface area contributed by atoms with Crippen LogP contribution in [0.2, 0.25) is 0 Å². The molecular formula is C32H42N8. The molecule has 8 heteroatoms. The summed E-state index contributed by atoms with van der Waals surface area (Å²) in [5, 5.41) is 8.72. The van der Waals surface area contributed by atoms with Gasteiger partial charge < -0.3 is 21.0 Å². The Morgan fingerprint density at radius 2 is 1.62 bits per heavy atom. The normalized spacial score (nSPS) is 23.2. The second kappa shape index (κ2) is 11.3. The third-order valence-corrected chi connectivity index (χ3v) is 9.51. The molecule has 3 fully saturated rings. The van der Waals surface area contributed by atoms with Crippen LogP contribution in [0.4, 0.5) is 11.8 Å². The lowest BCUT2D eigenvalue weighted by Crippen LogP contribution is -2.39. The van der Waals surface area contributed by atoms with Gasteiger partial charge in [0.05, 0.1) is 6.33 Å². The lowest BCUT2D eigenvalue weighted by atomic mass is 9.88. The SMILES string of the molecule is N[C@H]1CC[C@H](Nc2nc(NN3CCC(Cc4cccc5ccccc45)CC3)c3ncn(C4CCCC4)c3n2)CC1. The Bertz CT molecular complexity index is 1440. The van der Waals surface area contributed by atoms with E-state index in [0.29, 0.717) is 30.0 Å². The Morgan fingerprint density at radius 3 is 2.45 bits per heavy atom. The van der Waals surface area contributed by atoms with Gasteiger partial charge in [-0.05, 0) is 80.0 Å². The van der Waals surface area contributed by atoms with Gasteiger partial charge in [-0.15, -0.1) is 0 Å². The van der Waals surface area contributed by atoms with E-state index in [9.17, 15) is 0 Å². The van der Waals surface area contributed by atoms with Crippen LogP contribution in [0.5, 0.6) is 0 Å². The molecule has 210 valence electrons. The minimum atomic E-state index is 0.325. The predicted molar refractivity (Wildman–Crippen MR) is 162 cm³/mol. The number of hydrogen-bond acceptors (Lipinski definition) is 7. The molecule has 2 saturated carbocycles. The first-order valence-electron chi connectivity index (χ1n) is 15.4. The van der Waals surface area contributed by atoms with Crippen LogP contribution in [0.3, 0.4) is 0 Å². The van der Waals surface area contributed by atoms with Gasteiger partial charge in [-0.1, -0.05) is 55.3 Å². The van der Waals surface area contributed by atoms with Crippen molar-refractivity contribution in [2.45, 2.75) is 88.8 Å². The first-order valence-corrected chi connectivity index (χ1v) is 15.4. The van der Waals surface area contributed by atoms with Crippen molar-refractivity contribution >= 4 is 33.7 Å². The molecule has 0 atom stereocenters. The van der Waals surface area contributed by atoms with Crippen LogP contribution in [0.1, 0.15) is 75.8 Å². The fourth-order valence-corrected chi connectivity index (χ4v) is 7.13. The molecule has 0 unspecified atom stereocenters. The van der Waals surface area contributed by atoms with Gasteiger partial charge in [0.2, 0.25) is 5.95 Å². The van der Waals surface area contributed by atoms with E-state index >= 15 is 0 Å². The number of piperidine rings is 1. The molecule has 1 saturated heterocycles. The number of nitrogens with one attached hydrogen (secondary N) is 2. The van der Waals surface area contributed by atoms with Gasteiger partial charge in [0.25, 0.3) is 0 Å². The number of rotatable bonds is 7. The molecule has 1 aliphatic heterocycles. The van der Waals surface area contributed by atoms with Crippen molar-refractivity contribution < 1.29 is 0 Å². The highest BCUT2D eigenvalue weighted by molar-refractivity contribution is 5.86. The molecule has 2 aromatic carbocycles. The van der Waals surface area contributed by atoms with Crippen LogP contribution in [-0.2, 0) is 6.42 Å². The van der Waals surface area contributed by atoms with Gasteiger partial charge >= 0.3 is 0 Å². The van der Waals surface area contributed by atoms with Crippen molar-refractivity contribution in [2.24, 2.45) is 11.7 Å². The van der Waals surface area contributed by atoms with Crippen molar-refractivity contribution in [3.05, 3.63) is 54.4 Å². The third-order valence-electron chi connectivity index (χ3n) is 9.51. The summed E-state index contributed by atoms with van der Waals surface area (Å²) in [6.45, 7) is 1.99. The summed E-state index contributed by atoms with van der Waals surface area (Å²) in [5.74, 6) is 2.22. The molecule has 0 amide bonds. The molecule has 3 aliphatic rings. The maximum absolute atomic E-state index is 6.16. The van der Waals surface area contributed by atoms with E-state index < -0.39 is 0 Å². The molecule has 3 heterocycles. The van der Waals surface area contributed by atoms with Crippen LogP contribution < -0.4 is 16.5 Å². The number of benzene rings is 2. The fraction of sp³-hybridized carbons (Fsp3) is 0.531. The molecule has 2 aliphatic carbocycles. The van der Waals surface area contributed by atoms with Crippen molar-refractivity contribution in [1.29, 1.82) is 0 Å². The van der Waals surface area contributed by atoms with Crippen LogP contribution in [0.15, 0.2) is 48.8 Å². The molecule has 8 nitrogen and oxygen atoms in total. The molecule has 4 aromatic rings. The Morgan fingerprint density at radius 1 is 0.850 bits per heavy atom. The average Bonchev–Trinajstić information content (AvgIpc) is 3.66. The summed E-state index contributed by atoms with van der Waals surface area (Å²) < 4.78 is 2.30. The van der Waals surface area contributed by atoms with Gasteiger partial charge in [0, 0.05) is 31.2 Å². The zero-order valence-corrected chi connectivity index (χ0v) is 23.4. The van der Waals surface area contributed by atoms with E-state index in [1.165, 1.54) is 42.0 Å². The minimum Gasteiger partial charge on any atom is -0.351 e. The van der Waals surface area contributed by atoms with Crippen molar-refractivity contribution in [2.75, 3.05) is 23.8 Å². The number of nitrogens with two attached hydrogens (primary N) is 1. The van der Waals surface area contributed by atoms with Crippen molar-refractivity contribution in [3.63, 3.8) is 0 Å². The molecule has 0 bridgehead atoms. The smallest absolute Gasteiger partial charge is 0.227 e. The van der Waals surface area contributed by atoms with E-state index in [1.807, 2.05) is 6.33 Å². The molecule has 40 heavy (non-hydrogen) atoms. The number of anilines is 2. The highest BCUT2D eigenvalue weighted by Gasteiger charge is 2.26. The van der Waals surface area contributed by atoms with Crippen molar-refractivity contribution in [3.8, 4) is 0 Å². The Labute approximate surface area is 236 Å². The summed E-state index contributed by atoms with van der Waals surface area (Å²) in [4.78, 5) is 14.8. The summed E-state index contributed by atoms with van der Waals surface area (Å²) in [6.07, 6.45) is 14.6.